The van der Waals surface area contributed by atoms with Gasteiger partial charge >= 0.3 is 41.5 Å². The number of aromatic carboxylic acids is 1. The van der Waals surface area contributed by atoms with Crippen molar-refractivity contribution >= 4 is 11.9 Å². The van der Waals surface area contributed by atoms with Crippen LogP contribution in [0, 0.1) is 0 Å². The van der Waals surface area contributed by atoms with E-state index in [2.05, 4.69) is 24.7 Å². The van der Waals surface area contributed by atoms with E-state index in [4.69, 9.17) is 43.4 Å². The first-order valence-electron chi connectivity index (χ1n) is 15.9. The summed E-state index contributed by atoms with van der Waals surface area (Å²) in [7, 11) is 8.44. The summed E-state index contributed by atoms with van der Waals surface area (Å²) in [6, 6.07) is 13.3. The second-order valence-corrected chi connectivity index (χ2v) is 10.2. The van der Waals surface area contributed by atoms with Crippen molar-refractivity contribution in [3.05, 3.63) is 107 Å². The van der Waals surface area contributed by atoms with Gasteiger partial charge in [0.2, 0.25) is 0 Å². The summed E-state index contributed by atoms with van der Waals surface area (Å²) >= 11 is 0. The Bertz CT molecular complexity index is 1620. The monoisotopic (exact) mass is 784 g/mol. The van der Waals surface area contributed by atoms with Crippen LogP contribution in [-0.2, 0) is 41.6 Å². The summed E-state index contributed by atoms with van der Waals surface area (Å²) < 4.78 is 41.9. The molecule has 298 valence electrons. The molecule has 1 saturated heterocycles. The number of esters is 1. The molecular weight excluding hydrogens is 735 g/mol. The molecule has 1 aliphatic heterocycles. The van der Waals surface area contributed by atoms with Crippen LogP contribution in [0.25, 0.3) is 0 Å². The Morgan fingerprint density at radius 2 is 1.13 bits per heavy atom. The molecule has 4 aromatic heterocycles. The average Bonchev–Trinajstić information content (AvgIpc) is 3.80. The van der Waals surface area contributed by atoms with Gasteiger partial charge in [-0.1, -0.05) is 12.1 Å². The molecule has 5 rings (SSSR count). The maximum absolute atomic E-state index is 11.5. The fraction of sp³-hybridized carbons (Fsp3) is 0.389. The van der Waals surface area contributed by atoms with Gasteiger partial charge in [0.15, 0.2) is 12.6 Å². The first-order chi connectivity index (χ1) is 25.3. The van der Waals surface area contributed by atoms with E-state index in [9.17, 15) is 9.59 Å². The van der Waals surface area contributed by atoms with Crippen molar-refractivity contribution in [3.63, 3.8) is 0 Å². The van der Waals surface area contributed by atoms with Gasteiger partial charge in [-0.15, -0.1) is 0 Å². The van der Waals surface area contributed by atoms with E-state index in [-0.39, 0.29) is 65.1 Å². The van der Waals surface area contributed by atoms with Crippen LogP contribution in [-0.4, -0.2) is 109 Å². The maximum Gasteiger partial charge on any atom is 1.00 e. The van der Waals surface area contributed by atoms with Crippen LogP contribution in [0.4, 0.5) is 0 Å². The van der Waals surface area contributed by atoms with Gasteiger partial charge < -0.3 is 59.1 Å². The number of aliphatic hydroxyl groups excluding tert-OH is 1. The number of aliphatic hydroxyl groups is 1. The molecule has 0 atom stereocenters. The van der Waals surface area contributed by atoms with Crippen molar-refractivity contribution in [1.29, 1.82) is 0 Å². The molecule has 0 amide bonds. The third-order valence-electron chi connectivity index (χ3n) is 6.80. The second kappa shape index (κ2) is 31.1. The molecule has 5 heterocycles. The van der Waals surface area contributed by atoms with Crippen molar-refractivity contribution < 1.29 is 98.2 Å². The average molecular weight is 785 g/mol. The fourth-order valence-corrected chi connectivity index (χ4v) is 4.38. The summed E-state index contributed by atoms with van der Waals surface area (Å²) in [6.07, 6.45) is 7.78. The largest absolute Gasteiger partial charge is 1.00 e. The summed E-state index contributed by atoms with van der Waals surface area (Å²) in [6.45, 7) is 2.28. The number of carbonyl (C=O) groups is 2. The zero-order valence-corrected chi connectivity index (χ0v) is 34.0. The van der Waals surface area contributed by atoms with Crippen LogP contribution in [0.1, 0.15) is 68.9 Å². The summed E-state index contributed by atoms with van der Waals surface area (Å²) in [4.78, 5) is 38.6. The smallest absolute Gasteiger partial charge is 0.870 e. The summed E-state index contributed by atoms with van der Waals surface area (Å²) in [5.74, 6) is -0.569. The molecule has 1 aliphatic rings. The Kier molecular flexibility index (Phi) is 29.9. The minimum absolute atomic E-state index is 0. The van der Waals surface area contributed by atoms with Gasteiger partial charge in [-0.25, -0.2) is 19.6 Å². The Morgan fingerprint density at radius 1 is 0.709 bits per heavy atom. The molecule has 1 fully saturated rings. The van der Waals surface area contributed by atoms with Gasteiger partial charge in [-0.05, 0) is 49.2 Å². The van der Waals surface area contributed by atoms with Gasteiger partial charge in [0.25, 0.3) is 0 Å². The van der Waals surface area contributed by atoms with Gasteiger partial charge in [0, 0.05) is 61.2 Å². The van der Waals surface area contributed by atoms with Crippen molar-refractivity contribution in [2.75, 3.05) is 55.9 Å². The van der Waals surface area contributed by atoms with E-state index in [1.54, 1.807) is 81.5 Å². The maximum atomic E-state index is 11.5. The zero-order chi connectivity index (χ0) is 38.1. The van der Waals surface area contributed by atoms with E-state index in [1.165, 1.54) is 40.2 Å². The molecule has 55 heavy (non-hydrogen) atoms. The molecule has 18 nitrogen and oxygen atoms in total. The summed E-state index contributed by atoms with van der Waals surface area (Å²) in [5.41, 5.74) is 2.70. The molecular formula is C36H49N4NaO14. The van der Waals surface area contributed by atoms with E-state index in [0.717, 1.165) is 20.3 Å². The number of pyridine rings is 4. The molecule has 0 aromatic carbocycles. The molecule has 4 aromatic rings. The SMILES string of the molecule is C1CCOC1.CO.COC(=O)c1cccc(COc2cnccc2C(OC)OC)n1.COC(OC)c1ccncc1OCc1cccc(C(=O)O)n1.O.[Na+].[OH-]. The van der Waals surface area contributed by atoms with Crippen LogP contribution in [0.3, 0.4) is 0 Å². The van der Waals surface area contributed by atoms with Gasteiger partial charge in [-0.3, -0.25) is 9.97 Å². The predicted octanol–water partition coefficient (Wildman–Crippen LogP) is 0.587. The number of methoxy groups -OCH3 is 5. The Hall–Kier alpha value is -4.18. The first kappa shape index (κ1) is 52.9. The van der Waals surface area contributed by atoms with E-state index in [1.807, 2.05) is 0 Å². The minimum Gasteiger partial charge on any atom is -0.870 e. The van der Waals surface area contributed by atoms with E-state index in [0.29, 0.717) is 34.0 Å². The molecule has 0 unspecified atom stereocenters. The van der Waals surface area contributed by atoms with Gasteiger partial charge in [-0.2, -0.15) is 0 Å². The first-order valence-corrected chi connectivity index (χ1v) is 15.9. The number of rotatable bonds is 14. The predicted molar refractivity (Wildman–Crippen MR) is 191 cm³/mol. The van der Waals surface area contributed by atoms with Crippen LogP contribution < -0.4 is 39.0 Å². The zero-order valence-electron chi connectivity index (χ0n) is 32.0. The molecule has 19 heteroatoms. The molecule has 5 N–H and O–H groups in total. The van der Waals surface area contributed by atoms with Crippen LogP contribution in [0.15, 0.2) is 73.3 Å². The molecule has 0 radical (unpaired) electrons. The Balaban J connectivity index is 0. The van der Waals surface area contributed by atoms with E-state index >= 15 is 0 Å². The number of carbonyl (C=O) groups excluding carboxylic acids is 1. The van der Waals surface area contributed by atoms with Gasteiger partial charge in [0.1, 0.15) is 36.1 Å². The number of carboxylic acid groups (broad SMARTS) is 1. The Morgan fingerprint density at radius 3 is 1.49 bits per heavy atom. The topological polar surface area (TPSA) is 262 Å². The number of nitrogens with zero attached hydrogens (tertiary/aromatic N) is 4. The van der Waals surface area contributed by atoms with Crippen molar-refractivity contribution in [2.45, 2.75) is 38.6 Å². The van der Waals surface area contributed by atoms with E-state index < -0.39 is 24.5 Å². The third-order valence-corrected chi connectivity index (χ3v) is 6.80. The number of aromatic nitrogens is 4. The quantitative estimate of drug-likeness (QED) is 0.101. The van der Waals surface area contributed by atoms with Crippen molar-refractivity contribution in [1.82, 2.24) is 19.9 Å². The molecule has 0 bridgehead atoms. The minimum atomic E-state index is -1.08. The summed E-state index contributed by atoms with van der Waals surface area (Å²) in [5, 5.41) is 15.9. The standard InChI is InChI=1S/C16H18N2O5.C15H16N2O5.C4H8O.CH4O.Na.2H2O/c1-20-15(19)13-6-4-5-11(18-13)10-23-14-9-17-8-7-12(14)16(21-2)22-3;1-20-15(21-2)11-6-7-16-8-13(11)22-9-10-4-3-5-12(17-10)14(18)19;1-2-4-5-3-1;1-2;;;/h4-9,16H,10H2,1-3H3;3-8,15H,9H2,1-2H3,(H,18,19);1-4H2;2H,1H3;;2*1H2/q;;;;+1;;/p-1. The normalized spacial score (nSPS) is 11.0. The van der Waals surface area contributed by atoms with Crippen LogP contribution in [0.2, 0.25) is 0 Å². The van der Waals surface area contributed by atoms with Crippen LogP contribution in [0.5, 0.6) is 11.5 Å². The Labute approximate surface area is 342 Å². The fourth-order valence-electron chi connectivity index (χ4n) is 4.38. The molecule has 0 aliphatic carbocycles. The number of carboxylic acids is 1. The third kappa shape index (κ3) is 18.3. The van der Waals surface area contributed by atoms with Crippen LogP contribution >= 0.6 is 0 Å². The number of ether oxygens (including phenoxy) is 8. The number of hydrogen-bond acceptors (Lipinski definition) is 16. The van der Waals surface area contributed by atoms with Gasteiger partial charge in [0.05, 0.1) is 42.0 Å². The van der Waals surface area contributed by atoms with Crippen molar-refractivity contribution in [2.24, 2.45) is 0 Å². The number of hydrogen-bond donors (Lipinski definition) is 2. The molecule has 0 saturated carbocycles. The second-order valence-electron chi connectivity index (χ2n) is 10.2. The molecule has 0 spiro atoms. The van der Waals surface area contributed by atoms with Crippen molar-refractivity contribution in [3.8, 4) is 11.5 Å².